The maximum atomic E-state index is 13.5. The number of amides is 2. The molecule has 0 bridgehead atoms. The summed E-state index contributed by atoms with van der Waals surface area (Å²) >= 11 is 0. The Bertz CT molecular complexity index is 1260. The fourth-order valence-corrected chi connectivity index (χ4v) is 5.76. The smallest absolute Gasteiger partial charge is 0.254 e. The van der Waals surface area contributed by atoms with Crippen molar-refractivity contribution in [2.45, 2.75) is 52.0 Å². The SMILES string of the molecule is CC1=CC(C)=NC(=O)C1CNC(=O)c1cc(C2=CCN(CCN)CC2)cc2c1cnn2C1CCCC1. The molecular formula is C28H36N6O2. The highest BCUT2D eigenvalue weighted by Crippen LogP contribution is 2.35. The molecule has 190 valence electrons. The van der Waals surface area contributed by atoms with E-state index in [-0.39, 0.29) is 18.4 Å². The third-order valence-electron chi connectivity index (χ3n) is 7.78. The highest BCUT2D eigenvalue weighted by atomic mass is 16.2. The molecule has 2 amide bonds. The quantitative estimate of drug-likeness (QED) is 0.621. The van der Waals surface area contributed by atoms with Crippen LogP contribution in [-0.2, 0) is 4.79 Å². The molecule has 0 radical (unpaired) electrons. The van der Waals surface area contributed by atoms with Gasteiger partial charge >= 0.3 is 0 Å². The average Bonchev–Trinajstić information content (AvgIpc) is 3.53. The lowest BCUT2D eigenvalue weighted by Crippen LogP contribution is -2.35. The summed E-state index contributed by atoms with van der Waals surface area (Å²) in [4.78, 5) is 32.4. The van der Waals surface area contributed by atoms with E-state index in [1.165, 1.54) is 18.4 Å². The van der Waals surface area contributed by atoms with E-state index in [0.717, 1.165) is 60.9 Å². The first kappa shape index (κ1) is 24.6. The molecule has 3 aliphatic rings. The Balaban J connectivity index is 1.46. The normalized spacial score (nSPS) is 21.5. The largest absolute Gasteiger partial charge is 0.351 e. The number of carbonyl (C=O) groups is 2. The molecule has 5 rings (SSSR count). The second-order valence-electron chi connectivity index (χ2n) is 10.3. The lowest BCUT2D eigenvalue weighted by molar-refractivity contribution is -0.120. The summed E-state index contributed by atoms with van der Waals surface area (Å²) in [5.74, 6) is -0.803. The van der Waals surface area contributed by atoms with Crippen LogP contribution in [0.1, 0.15) is 67.9 Å². The van der Waals surface area contributed by atoms with E-state index >= 15 is 0 Å². The number of rotatable bonds is 7. The van der Waals surface area contributed by atoms with E-state index in [9.17, 15) is 9.59 Å². The third-order valence-corrected chi connectivity index (χ3v) is 7.78. The molecule has 1 aromatic heterocycles. The molecular weight excluding hydrogens is 452 g/mol. The van der Waals surface area contributed by atoms with Crippen LogP contribution < -0.4 is 11.1 Å². The van der Waals surface area contributed by atoms with Gasteiger partial charge in [-0.2, -0.15) is 5.10 Å². The molecule has 8 heteroatoms. The number of carbonyl (C=O) groups excluding carboxylic acids is 2. The zero-order valence-electron chi connectivity index (χ0n) is 21.3. The Kier molecular flexibility index (Phi) is 7.16. The Morgan fingerprint density at radius 3 is 2.72 bits per heavy atom. The van der Waals surface area contributed by atoms with E-state index in [0.29, 0.717) is 23.9 Å². The van der Waals surface area contributed by atoms with E-state index in [1.54, 1.807) is 0 Å². The van der Waals surface area contributed by atoms with Crippen molar-refractivity contribution in [2.24, 2.45) is 16.6 Å². The fraction of sp³-hybridized carbons (Fsp3) is 0.500. The molecule has 2 aromatic rings. The number of hydrogen-bond acceptors (Lipinski definition) is 5. The first-order valence-electron chi connectivity index (χ1n) is 13.1. The van der Waals surface area contributed by atoms with Crippen molar-refractivity contribution < 1.29 is 9.59 Å². The van der Waals surface area contributed by atoms with Crippen molar-refractivity contribution in [3.05, 3.63) is 47.2 Å². The lowest BCUT2D eigenvalue weighted by Gasteiger charge is -2.26. The van der Waals surface area contributed by atoms with Gasteiger partial charge < -0.3 is 11.1 Å². The molecule has 1 aliphatic carbocycles. The van der Waals surface area contributed by atoms with Crippen LogP contribution in [0.15, 0.2) is 41.0 Å². The van der Waals surface area contributed by atoms with Gasteiger partial charge in [0.1, 0.15) is 0 Å². The summed E-state index contributed by atoms with van der Waals surface area (Å²) < 4.78 is 2.13. The Labute approximate surface area is 212 Å². The van der Waals surface area contributed by atoms with Crippen LogP contribution in [0.2, 0.25) is 0 Å². The van der Waals surface area contributed by atoms with Gasteiger partial charge in [-0.05, 0) is 62.5 Å². The van der Waals surface area contributed by atoms with Crippen molar-refractivity contribution in [1.82, 2.24) is 20.0 Å². The molecule has 3 heterocycles. The highest BCUT2D eigenvalue weighted by molar-refractivity contribution is 6.08. The Morgan fingerprint density at radius 1 is 1.22 bits per heavy atom. The zero-order chi connectivity index (χ0) is 25.2. The Hall–Kier alpha value is -3.10. The molecule has 2 aliphatic heterocycles. The predicted molar refractivity (Wildman–Crippen MR) is 143 cm³/mol. The maximum absolute atomic E-state index is 13.5. The van der Waals surface area contributed by atoms with Gasteiger partial charge in [-0.3, -0.25) is 19.2 Å². The van der Waals surface area contributed by atoms with Crippen LogP contribution in [0.5, 0.6) is 0 Å². The van der Waals surface area contributed by atoms with Crippen LogP contribution in [-0.4, -0.2) is 64.9 Å². The van der Waals surface area contributed by atoms with Gasteiger partial charge in [0, 0.05) is 43.8 Å². The van der Waals surface area contributed by atoms with Crippen LogP contribution >= 0.6 is 0 Å². The van der Waals surface area contributed by atoms with Crippen LogP contribution in [0.3, 0.4) is 0 Å². The number of benzene rings is 1. The van der Waals surface area contributed by atoms with Crippen molar-refractivity contribution in [3.63, 3.8) is 0 Å². The molecule has 1 saturated carbocycles. The highest BCUT2D eigenvalue weighted by Gasteiger charge is 2.26. The van der Waals surface area contributed by atoms with E-state index in [2.05, 4.69) is 32.0 Å². The van der Waals surface area contributed by atoms with E-state index < -0.39 is 5.92 Å². The topological polar surface area (TPSA) is 106 Å². The first-order chi connectivity index (χ1) is 17.4. The fourth-order valence-electron chi connectivity index (χ4n) is 5.76. The van der Waals surface area contributed by atoms with Gasteiger partial charge in [0.25, 0.3) is 11.8 Å². The summed E-state index contributed by atoms with van der Waals surface area (Å²) in [6.45, 7) is 7.33. The molecule has 0 saturated heterocycles. The number of fused-ring (bicyclic) bond motifs is 1. The molecule has 1 unspecified atom stereocenters. The number of aromatic nitrogens is 2. The first-order valence-corrected chi connectivity index (χ1v) is 13.1. The standard InChI is InChI=1S/C28H36N6O2/c1-18-13-19(2)32-28(36)24(18)16-30-27(35)23-14-21(20-7-10-33(11-8-20)12-9-29)15-26-25(23)17-31-34(26)22-5-3-4-6-22/h7,13-15,17,22,24H,3-6,8-12,16,29H2,1-2H3,(H,30,35). The second kappa shape index (κ2) is 10.5. The number of nitrogens with one attached hydrogen (secondary N) is 1. The zero-order valence-corrected chi connectivity index (χ0v) is 21.3. The summed E-state index contributed by atoms with van der Waals surface area (Å²) in [6.07, 6.45) is 11.6. The van der Waals surface area contributed by atoms with E-state index in [4.69, 9.17) is 10.8 Å². The van der Waals surface area contributed by atoms with Gasteiger partial charge in [0.2, 0.25) is 0 Å². The van der Waals surface area contributed by atoms with Crippen LogP contribution in [0, 0.1) is 5.92 Å². The van der Waals surface area contributed by atoms with Crippen LogP contribution in [0.25, 0.3) is 16.5 Å². The number of nitrogens with two attached hydrogens (primary N) is 1. The van der Waals surface area contributed by atoms with Crippen molar-refractivity contribution in [2.75, 3.05) is 32.7 Å². The monoisotopic (exact) mass is 488 g/mol. The maximum Gasteiger partial charge on any atom is 0.254 e. The minimum Gasteiger partial charge on any atom is -0.351 e. The summed E-state index contributed by atoms with van der Waals surface area (Å²) in [5, 5.41) is 8.62. The molecule has 1 atom stereocenters. The minimum absolute atomic E-state index is 0.180. The molecule has 0 spiro atoms. The van der Waals surface area contributed by atoms with Gasteiger partial charge in [-0.25, -0.2) is 4.99 Å². The summed E-state index contributed by atoms with van der Waals surface area (Å²) in [6, 6.07) is 4.58. The minimum atomic E-state index is -0.424. The average molecular weight is 489 g/mol. The molecule has 36 heavy (non-hydrogen) atoms. The van der Waals surface area contributed by atoms with Gasteiger partial charge in [-0.1, -0.05) is 24.5 Å². The molecule has 8 nitrogen and oxygen atoms in total. The summed E-state index contributed by atoms with van der Waals surface area (Å²) in [7, 11) is 0. The van der Waals surface area contributed by atoms with Crippen molar-refractivity contribution in [3.8, 4) is 0 Å². The third kappa shape index (κ3) is 4.92. The van der Waals surface area contributed by atoms with Gasteiger partial charge in [0.15, 0.2) is 0 Å². The second-order valence-corrected chi connectivity index (χ2v) is 10.3. The number of allylic oxidation sites excluding steroid dienone is 1. The molecule has 3 N–H and O–H groups in total. The van der Waals surface area contributed by atoms with Crippen molar-refractivity contribution in [1.29, 1.82) is 0 Å². The number of dihydropyridines is 1. The van der Waals surface area contributed by atoms with Gasteiger partial charge in [0.05, 0.1) is 29.2 Å². The number of aliphatic imine (C=N–C) groups is 1. The Morgan fingerprint density at radius 2 is 2.03 bits per heavy atom. The lowest BCUT2D eigenvalue weighted by atomic mass is 9.94. The summed E-state index contributed by atoms with van der Waals surface area (Å²) in [5.41, 5.74) is 11.3. The van der Waals surface area contributed by atoms with Crippen LogP contribution in [0.4, 0.5) is 0 Å². The molecule has 1 fully saturated rings. The molecule has 1 aromatic carbocycles. The predicted octanol–water partition coefficient (Wildman–Crippen LogP) is 3.49. The van der Waals surface area contributed by atoms with Crippen molar-refractivity contribution >= 4 is 34.0 Å². The van der Waals surface area contributed by atoms with E-state index in [1.807, 2.05) is 32.2 Å². The van der Waals surface area contributed by atoms with Gasteiger partial charge in [-0.15, -0.1) is 0 Å². The number of hydrogen-bond donors (Lipinski definition) is 2. The number of nitrogens with zero attached hydrogens (tertiary/aromatic N) is 4.